The number of nitrogens with one attached hydrogen (secondary N) is 1. The second-order valence-corrected chi connectivity index (χ2v) is 6.95. The third-order valence-electron chi connectivity index (χ3n) is 4.27. The number of anilines is 1. The highest BCUT2D eigenvalue weighted by atomic mass is 32.1. The van der Waals surface area contributed by atoms with Crippen molar-refractivity contribution in [2.75, 3.05) is 5.32 Å². The van der Waals surface area contributed by atoms with Crippen LogP contribution in [-0.2, 0) is 16.1 Å². The number of rotatable bonds is 5. The Morgan fingerprint density at radius 3 is 2.33 bits per heavy atom. The molecule has 2 heterocycles. The number of thiophene rings is 1. The summed E-state index contributed by atoms with van der Waals surface area (Å²) in [6, 6.07) is 18.9. The summed E-state index contributed by atoms with van der Waals surface area (Å²) in [6.45, 7) is -0.112. The van der Waals surface area contributed by atoms with Crippen molar-refractivity contribution >= 4 is 34.4 Å². The van der Waals surface area contributed by atoms with Crippen LogP contribution in [0, 0.1) is 5.82 Å². The van der Waals surface area contributed by atoms with Gasteiger partial charge in [-0.25, -0.2) is 4.39 Å². The number of carbonyl (C=O) groups is 2. The Balaban J connectivity index is 1.72. The molecular formula is C21H15FN2O2S. The van der Waals surface area contributed by atoms with Gasteiger partial charge in [0.15, 0.2) is 0 Å². The number of nitrogens with zero attached hydrogens (tertiary/aromatic N) is 1. The lowest BCUT2D eigenvalue weighted by Gasteiger charge is -2.15. The van der Waals surface area contributed by atoms with E-state index in [-0.39, 0.29) is 12.2 Å². The maximum absolute atomic E-state index is 14.0. The number of amides is 2. The third-order valence-corrected chi connectivity index (χ3v) is 5.15. The molecule has 27 heavy (non-hydrogen) atoms. The lowest BCUT2D eigenvalue weighted by molar-refractivity contribution is -0.137. The normalized spacial score (nSPS) is 14.2. The molecule has 1 N–H and O–H groups in total. The molecule has 2 amide bonds. The minimum atomic E-state index is -0.462. The molecular weight excluding hydrogens is 363 g/mol. The number of benzene rings is 2. The van der Waals surface area contributed by atoms with Crippen LogP contribution in [0.25, 0.3) is 5.57 Å². The summed E-state index contributed by atoms with van der Waals surface area (Å²) < 4.78 is 14.0. The molecule has 4 rings (SSSR count). The lowest BCUT2D eigenvalue weighted by atomic mass is 10.1. The summed E-state index contributed by atoms with van der Waals surface area (Å²) in [7, 11) is 0. The number of para-hydroxylation sites is 1. The van der Waals surface area contributed by atoms with Crippen molar-refractivity contribution in [1.29, 1.82) is 0 Å². The first-order valence-electron chi connectivity index (χ1n) is 8.35. The molecule has 0 bridgehead atoms. The zero-order valence-electron chi connectivity index (χ0n) is 14.2. The van der Waals surface area contributed by atoms with Gasteiger partial charge in [-0.2, -0.15) is 0 Å². The Morgan fingerprint density at radius 1 is 0.889 bits per heavy atom. The van der Waals surface area contributed by atoms with Crippen molar-refractivity contribution in [2.45, 2.75) is 6.54 Å². The third kappa shape index (κ3) is 3.27. The molecule has 0 unspecified atom stereocenters. The summed E-state index contributed by atoms with van der Waals surface area (Å²) >= 11 is 1.38. The van der Waals surface area contributed by atoms with Gasteiger partial charge in [0.25, 0.3) is 11.8 Å². The van der Waals surface area contributed by atoms with Crippen LogP contribution in [0.3, 0.4) is 0 Å². The van der Waals surface area contributed by atoms with Gasteiger partial charge in [0.1, 0.15) is 11.5 Å². The second kappa shape index (κ2) is 7.17. The van der Waals surface area contributed by atoms with Crippen LogP contribution >= 0.6 is 11.3 Å². The van der Waals surface area contributed by atoms with Gasteiger partial charge in [0.2, 0.25) is 0 Å². The van der Waals surface area contributed by atoms with Crippen molar-refractivity contribution in [3.05, 3.63) is 94.1 Å². The van der Waals surface area contributed by atoms with E-state index in [4.69, 9.17) is 0 Å². The topological polar surface area (TPSA) is 49.4 Å². The van der Waals surface area contributed by atoms with E-state index < -0.39 is 17.6 Å². The van der Waals surface area contributed by atoms with Gasteiger partial charge in [0.05, 0.1) is 12.1 Å². The Bertz CT molecular complexity index is 1030. The smallest absolute Gasteiger partial charge is 0.278 e. The first-order chi connectivity index (χ1) is 13.1. The molecule has 3 aromatic rings. The highest BCUT2D eigenvalue weighted by molar-refractivity contribution is 7.11. The van der Waals surface area contributed by atoms with Gasteiger partial charge in [0, 0.05) is 16.1 Å². The van der Waals surface area contributed by atoms with Gasteiger partial charge in [-0.15, -0.1) is 11.3 Å². The zero-order valence-corrected chi connectivity index (χ0v) is 15.0. The highest BCUT2D eigenvalue weighted by Gasteiger charge is 2.39. The predicted octanol–water partition coefficient (Wildman–Crippen LogP) is 4.28. The summed E-state index contributed by atoms with van der Waals surface area (Å²) in [5, 5.41) is 4.92. The fraction of sp³-hybridized carbons (Fsp3) is 0.0476. The van der Waals surface area contributed by atoms with Gasteiger partial charge < -0.3 is 5.32 Å². The van der Waals surface area contributed by atoms with Gasteiger partial charge >= 0.3 is 0 Å². The molecule has 0 saturated carbocycles. The van der Waals surface area contributed by atoms with Crippen LogP contribution in [0.1, 0.15) is 10.4 Å². The zero-order chi connectivity index (χ0) is 18.8. The average Bonchev–Trinajstić information content (AvgIpc) is 3.27. The van der Waals surface area contributed by atoms with E-state index in [0.29, 0.717) is 21.7 Å². The molecule has 0 aliphatic carbocycles. The van der Waals surface area contributed by atoms with Crippen LogP contribution in [0.5, 0.6) is 0 Å². The maximum Gasteiger partial charge on any atom is 0.278 e. The summed E-state index contributed by atoms with van der Waals surface area (Å²) in [6.07, 6.45) is 0. The fourth-order valence-corrected chi connectivity index (χ4v) is 3.72. The summed E-state index contributed by atoms with van der Waals surface area (Å²) in [5.41, 5.74) is 1.53. The SMILES string of the molecule is O=C1C(Nc2ccccc2)=C(c2cccs2)C(=O)N1Cc1ccccc1F. The van der Waals surface area contributed by atoms with Crippen molar-refractivity contribution in [3.8, 4) is 0 Å². The first-order valence-corrected chi connectivity index (χ1v) is 9.23. The first kappa shape index (κ1) is 17.2. The molecule has 0 radical (unpaired) electrons. The van der Waals surface area contributed by atoms with Crippen molar-refractivity contribution in [2.24, 2.45) is 0 Å². The Labute approximate surface area is 159 Å². The number of hydrogen-bond donors (Lipinski definition) is 1. The maximum atomic E-state index is 14.0. The Morgan fingerprint density at radius 2 is 1.63 bits per heavy atom. The van der Waals surface area contributed by atoms with E-state index in [1.54, 1.807) is 24.3 Å². The molecule has 1 aliphatic rings. The summed E-state index contributed by atoms with van der Waals surface area (Å²) in [4.78, 5) is 27.8. The molecule has 0 fully saturated rings. The van der Waals surface area contributed by atoms with Crippen molar-refractivity contribution in [1.82, 2.24) is 4.90 Å². The number of halogens is 1. The molecule has 4 nitrogen and oxygen atoms in total. The average molecular weight is 378 g/mol. The van der Waals surface area contributed by atoms with Crippen molar-refractivity contribution in [3.63, 3.8) is 0 Å². The molecule has 6 heteroatoms. The molecule has 0 spiro atoms. The second-order valence-electron chi connectivity index (χ2n) is 6.01. The van der Waals surface area contributed by atoms with Gasteiger partial charge in [-0.1, -0.05) is 42.5 Å². The van der Waals surface area contributed by atoms with Gasteiger partial charge in [-0.05, 0) is 29.6 Å². The van der Waals surface area contributed by atoms with E-state index in [9.17, 15) is 14.0 Å². The Hall–Kier alpha value is -3.25. The predicted molar refractivity (Wildman–Crippen MR) is 103 cm³/mol. The minimum Gasteiger partial charge on any atom is -0.350 e. The van der Waals surface area contributed by atoms with Crippen LogP contribution in [0.4, 0.5) is 10.1 Å². The van der Waals surface area contributed by atoms with Gasteiger partial charge in [-0.3, -0.25) is 14.5 Å². The van der Waals surface area contributed by atoms with E-state index in [1.807, 2.05) is 41.8 Å². The van der Waals surface area contributed by atoms with Crippen LogP contribution in [0.2, 0.25) is 0 Å². The standard InChI is InChI=1S/C21H15FN2O2S/c22-16-10-5-4-7-14(16)13-24-20(25)18(17-11-6-12-27-17)19(21(24)26)23-15-8-2-1-3-9-15/h1-12,23H,13H2. The van der Waals surface area contributed by atoms with Crippen molar-refractivity contribution < 1.29 is 14.0 Å². The van der Waals surface area contributed by atoms with E-state index in [2.05, 4.69) is 5.32 Å². The van der Waals surface area contributed by atoms with Crippen LogP contribution in [-0.4, -0.2) is 16.7 Å². The number of carbonyl (C=O) groups excluding carboxylic acids is 2. The van der Waals surface area contributed by atoms with E-state index in [0.717, 1.165) is 4.90 Å². The molecule has 0 saturated heterocycles. The van der Waals surface area contributed by atoms with Crippen LogP contribution in [0.15, 0.2) is 77.8 Å². The largest absolute Gasteiger partial charge is 0.350 e. The highest BCUT2D eigenvalue weighted by Crippen LogP contribution is 2.33. The molecule has 2 aromatic carbocycles. The van der Waals surface area contributed by atoms with E-state index >= 15 is 0 Å². The van der Waals surface area contributed by atoms with Crippen LogP contribution < -0.4 is 5.32 Å². The quantitative estimate of drug-likeness (QED) is 0.674. The molecule has 1 aliphatic heterocycles. The summed E-state index contributed by atoms with van der Waals surface area (Å²) in [5.74, 6) is -1.33. The monoisotopic (exact) mass is 378 g/mol. The van der Waals surface area contributed by atoms with E-state index in [1.165, 1.54) is 17.4 Å². The molecule has 0 atom stereocenters. The molecule has 134 valence electrons. The Kier molecular flexibility index (Phi) is 4.56. The lowest BCUT2D eigenvalue weighted by Crippen LogP contribution is -2.32. The fourth-order valence-electron chi connectivity index (χ4n) is 2.95. The number of imide groups is 1. The molecule has 1 aromatic heterocycles. The number of hydrogen-bond acceptors (Lipinski definition) is 4. The minimum absolute atomic E-state index is 0.112.